The third kappa shape index (κ3) is 4.57. The summed E-state index contributed by atoms with van der Waals surface area (Å²) in [6, 6.07) is 11.8. The summed E-state index contributed by atoms with van der Waals surface area (Å²) in [4.78, 5) is 31.8. The summed E-state index contributed by atoms with van der Waals surface area (Å²) in [5, 5.41) is 15.8. The van der Waals surface area contributed by atoms with Gasteiger partial charge in [-0.25, -0.2) is 0 Å². The molecule has 1 fully saturated rings. The molecule has 1 amide bonds. The summed E-state index contributed by atoms with van der Waals surface area (Å²) in [5.74, 6) is 0.810. The molecule has 31 heavy (non-hydrogen) atoms. The summed E-state index contributed by atoms with van der Waals surface area (Å²) in [6.45, 7) is 4.39. The molecule has 0 spiro atoms. The number of benzene rings is 2. The molecule has 0 aliphatic carbocycles. The van der Waals surface area contributed by atoms with Gasteiger partial charge in [-0.05, 0) is 37.3 Å². The van der Waals surface area contributed by atoms with Crippen LogP contribution in [0.1, 0.15) is 21.8 Å². The van der Waals surface area contributed by atoms with Crippen molar-refractivity contribution >= 4 is 23.2 Å². The second kappa shape index (κ2) is 8.83. The zero-order chi connectivity index (χ0) is 22.0. The number of nitrogens with zero attached hydrogens (tertiary/aromatic N) is 5. The van der Waals surface area contributed by atoms with Crippen LogP contribution < -0.4 is 0 Å². The standard InChI is InChI=1S/C21H20ClN5O4/c1-14-17(3-2-4-18(14)27(29)30)21(28)26-11-9-25(10-12-26)13-19-23-20(24-31-19)15-5-7-16(22)8-6-15/h2-8H,9-13H2,1H3. The van der Waals surface area contributed by atoms with Gasteiger partial charge in [0.2, 0.25) is 11.7 Å². The molecule has 0 bridgehead atoms. The third-order valence-electron chi connectivity index (χ3n) is 5.32. The van der Waals surface area contributed by atoms with Crippen molar-refractivity contribution in [3.8, 4) is 11.4 Å². The maximum atomic E-state index is 12.9. The number of carbonyl (C=O) groups excluding carboxylic acids is 1. The molecule has 2 aromatic carbocycles. The Balaban J connectivity index is 1.36. The fourth-order valence-corrected chi connectivity index (χ4v) is 3.68. The Morgan fingerprint density at radius 2 is 1.87 bits per heavy atom. The second-order valence-electron chi connectivity index (χ2n) is 7.29. The van der Waals surface area contributed by atoms with Gasteiger partial charge in [-0.3, -0.25) is 19.8 Å². The van der Waals surface area contributed by atoms with Gasteiger partial charge in [0.05, 0.1) is 11.5 Å². The van der Waals surface area contributed by atoms with Gasteiger partial charge in [0.1, 0.15) is 0 Å². The highest BCUT2D eigenvalue weighted by Crippen LogP contribution is 2.23. The van der Waals surface area contributed by atoms with Crippen molar-refractivity contribution in [2.24, 2.45) is 0 Å². The lowest BCUT2D eigenvalue weighted by Gasteiger charge is -2.34. The Bertz CT molecular complexity index is 1110. The summed E-state index contributed by atoms with van der Waals surface area (Å²) in [5.41, 5.74) is 1.53. The normalized spacial score (nSPS) is 14.6. The molecular formula is C21H20ClN5O4. The van der Waals surface area contributed by atoms with Crippen LogP contribution in [-0.4, -0.2) is 56.9 Å². The van der Waals surface area contributed by atoms with Gasteiger partial charge in [0, 0.05) is 54.0 Å². The van der Waals surface area contributed by atoms with Crippen LogP contribution in [0.25, 0.3) is 11.4 Å². The molecule has 1 aliphatic heterocycles. The van der Waals surface area contributed by atoms with Crippen LogP contribution in [0.15, 0.2) is 47.0 Å². The fraction of sp³-hybridized carbons (Fsp3) is 0.286. The largest absolute Gasteiger partial charge is 0.338 e. The highest BCUT2D eigenvalue weighted by atomic mass is 35.5. The zero-order valence-electron chi connectivity index (χ0n) is 16.8. The van der Waals surface area contributed by atoms with E-state index in [1.54, 1.807) is 36.1 Å². The maximum absolute atomic E-state index is 12.9. The molecule has 1 saturated heterocycles. The topological polar surface area (TPSA) is 106 Å². The summed E-state index contributed by atoms with van der Waals surface area (Å²) < 4.78 is 5.37. The van der Waals surface area contributed by atoms with E-state index in [2.05, 4.69) is 15.0 Å². The third-order valence-corrected chi connectivity index (χ3v) is 5.57. The van der Waals surface area contributed by atoms with Gasteiger partial charge in [-0.15, -0.1) is 0 Å². The lowest BCUT2D eigenvalue weighted by Crippen LogP contribution is -2.48. The number of nitro benzene ring substituents is 1. The molecule has 0 unspecified atom stereocenters. The minimum atomic E-state index is -0.466. The molecule has 0 N–H and O–H groups in total. The molecule has 1 aliphatic rings. The van der Waals surface area contributed by atoms with Crippen LogP contribution >= 0.6 is 11.6 Å². The maximum Gasteiger partial charge on any atom is 0.273 e. The average molecular weight is 442 g/mol. The Kier molecular flexibility index (Phi) is 5.97. The average Bonchev–Trinajstić information content (AvgIpc) is 3.23. The predicted molar refractivity (Wildman–Crippen MR) is 114 cm³/mol. The first-order chi connectivity index (χ1) is 14.9. The number of piperazine rings is 1. The molecule has 0 radical (unpaired) electrons. The van der Waals surface area contributed by atoms with Crippen molar-refractivity contribution in [1.29, 1.82) is 0 Å². The van der Waals surface area contributed by atoms with Crippen LogP contribution in [0, 0.1) is 17.0 Å². The van der Waals surface area contributed by atoms with Crippen molar-refractivity contribution in [3.05, 3.63) is 74.6 Å². The van der Waals surface area contributed by atoms with E-state index in [-0.39, 0.29) is 11.6 Å². The quantitative estimate of drug-likeness (QED) is 0.440. The Hall–Kier alpha value is -3.30. The molecule has 0 saturated carbocycles. The van der Waals surface area contributed by atoms with Crippen molar-refractivity contribution in [3.63, 3.8) is 0 Å². The van der Waals surface area contributed by atoms with Crippen molar-refractivity contribution < 1.29 is 14.2 Å². The van der Waals surface area contributed by atoms with Gasteiger partial charge >= 0.3 is 0 Å². The monoisotopic (exact) mass is 441 g/mol. The van der Waals surface area contributed by atoms with Crippen molar-refractivity contribution in [2.75, 3.05) is 26.2 Å². The highest BCUT2D eigenvalue weighted by Gasteiger charge is 2.26. The second-order valence-corrected chi connectivity index (χ2v) is 7.73. The van der Waals surface area contributed by atoms with E-state index >= 15 is 0 Å². The van der Waals surface area contributed by atoms with Gasteiger partial charge in [0.15, 0.2) is 0 Å². The Morgan fingerprint density at radius 1 is 1.16 bits per heavy atom. The fourth-order valence-electron chi connectivity index (χ4n) is 3.56. The minimum absolute atomic E-state index is 0.0441. The van der Waals surface area contributed by atoms with Crippen LogP contribution in [0.5, 0.6) is 0 Å². The summed E-state index contributed by atoms with van der Waals surface area (Å²) in [6.07, 6.45) is 0. The molecule has 10 heteroatoms. The van der Waals surface area contributed by atoms with Crippen LogP contribution in [0.2, 0.25) is 5.02 Å². The molecule has 1 aromatic heterocycles. The van der Waals surface area contributed by atoms with E-state index in [4.69, 9.17) is 16.1 Å². The summed E-state index contributed by atoms with van der Waals surface area (Å²) >= 11 is 5.91. The highest BCUT2D eigenvalue weighted by molar-refractivity contribution is 6.30. The zero-order valence-corrected chi connectivity index (χ0v) is 17.6. The van der Waals surface area contributed by atoms with E-state index in [9.17, 15) is 14.9 Å². The molecule has 0 atom stereocenters. The number of aromatic nitrogens is 2. The van der Waals surface area contributed by atoms with E-state index in [1.165, 1.54) is 6.07 Å². The first-order valence-corrected chi connectivity index (χ1v) is 10.1. The number of nitro groups is 1. The first-order valence-electron chi connectivity index (χ1n) is 9.76. The van der Waals surface area contributed by atoms with E-state index in [0.717, 1.165) is 5.56 Å². The number of hydrogen-bond acceptors (Lipinski definition) is 7. The lowest BCUT2D eigenvalue weighted by molar-refractivity contribution is -0.385. The number of hydrogen-bond donors (Lipinski definition) is 0. The van der Waals surface area contributed by atoms with Gasteiger partial charge in [-0.2, -0.15) is 4.98 Å². The van der Waals surface area contributed by atoms with E-state index in [0.29, 0.717) is 60.6 Å². The summed E-state index contributed by atoms with van der Waals surface area (Å²) in [7, 11) is 0. The van der Waals surface area contributed by atoms with E-state index < -0.39 is 4.92 Å². The SMILES string of the molecule is Cc1c(C(=O)N2CCN(Cc3nc(-c4ccc(Cl)cc4)no3)CC2)cccc1[N+](=O)[O-]. The number of amides is 1. The number of carbonyl (C=O) groups is 1. The smallest absolute Gasteiger partial charge is 0.273 e. The Morgan fingerprint density at radius 3 is 2.55 bits per heavy atom. The molecule has 2 heterocycles. The molecular weight excluding hydrogens is 422 g/mol. The number of rotatable bonds is 5. The van der Waals surface area contributed by atoms with Gasteiger partial charge in [-0.1, -0.05) is 22.8 Å². The Labute approximate surface area is 183 Å². The van der Waals surface area contributed by atoms with E-state index in [1.807, 2.05) is 12.1 Å². The van der Waals surface area contributed by atoms with Crippen LogP contribution in [0.3, 0.4) is 0 Å². The van der Waals surface area contributed by atoms with Gasteiger partial charge in [0.25, 0.3) is 11.6 Å². The molecule has 3 aromatic rings. The molecule has 160 valence electrons. The first kappa shape index (κ1) is 21.0. The predicted octanol–water partition coefficient (Wildman–Crippen LogP) is 3.56. The van der Waals surface area contributed by atoms with Crippen LogP contribution in [0.4, 0.5) is 5.69 Å². The van der Waals surface area contributed by atoms with Gasteiger partial charge < -0.3 is 9.42 Å². The van der Waals surface area contributed by atoms with Crippen molar-refractivity contribution in [2.45, 2.75) is 13.5 Å². The van der Waals surface area contributed by atoms with Crippen LogP contribution in [-0.2, 0) is 6.54 Å². The number of halogens is 1. The van der Waals surface area contributed by atoms with Crippen molar-refractivity contribution in [1.82, 2.24) is 19.9 Å². The molecule has 9 nitrogen and oxygen atoms in total. The molecule has 4 rings (SSSR count). The lowest BCUT2D eigenvalue weighted by atomic mass is 10.1. The minimum Gasteiger partial charge on any atom is -0.338 e.